The predicted octanol–water partition coefficient (Wildman–Crippen LogP) is 2.29. The molecule has 2 rings (SSSR count). The van der Waals surface area contributed by atoms with Gasteiger partial charge < -0.3 is 15.0 Å². The van der Waals surface area contributed by atoms with Crippen molar-refractivity contribution in [3.05, 3.63) is 29.8 Å². The van der Waals surface area contributed by atoms with Gasteiger partial charge >= 0.3 is 0 Å². The van der Waals surface area contributed by atoms with Crippen LogP contribution in [0.2, 0.25) is 0 Å². The predicted molar refractivity (Wildman–Crippen MR) is 81.3 cm³/mol. The van der Waals surface area contributed by atoms with Crippen LogP contribution in [0, 0.1) is 0 Å². The number of ether oxygens (including phenoxy) is 1. The fraction of sp³-hybridized carbons (Fsp3) is 0.500. The Kier molecular flexibility index (Phi) is 4.63. The SMILES string of the molecule is CCC(=O)Nc1cccc(C(=O)N2CCOCC2(C)C)c1. The quantitative estimate of drug-likeness (QED) is 0.929. The van der Waals surface area contributed by atoms with Crippen LogP contribution >= 0.6 is 0 Å². The Labute approximate surface area is 125 Å². The van der Waals surface area contributed by atoms with Crippen LogP contribution in [0.5, 0.6) is 0 Å². The summed E-state index contributed by atoms with van der Waals surface area (Å²) in [6.45, 7) is 7.45. The standard InChI is InChI=1S/C16H22N2O3/c1-4-14(19)17-13-7-5-6-12(10-13)15(20)18-8-9-21-11-16(18,2)3/h5-7,10H,4,8-9,11H2,1-3H3,(H,17,19). The minimum absolute atomic E-state index is 0.0316. The number of morpholine rings is 1. The van der Waals surface area contributed by atoms with Crippen LogP contribution in [0.25, 0.3) is 0 Å². The third-order valence-corrected chi connectivity index (χ3v) is 3.60. The molecule has 1 fully saturated rings. The third-order valence-electron chi connectivity index (χ3n) is 3.60. The van der Waals surface area contributed by atoms with E-state index in [0.717, 1.165) is 0 Å². The van der Waals surface area contributed by atoms with Crippen molar-refractivity contribution in [2.24, 2.45) is 0 Å². The lowest BCUT2D eigenvalue weighted by atomic mass is 10.0. The molecule has 5 heteroatoms. The van der Waals surface area contributed by atoms with E-state index in [1.807, 2.05) is 18.7 Å². The highest BCUT2D eigenvalue weighted by atomic mass is 16.5. The molecule has 1 N–H and O–H groups in total. The molecule has 1 aromatic rings. The van der Waals surface area contributed by atoms with Crippen molar-refractivity contribution in [1.82, 2.24) is 4.90 Å². The molecule has 2 amide bonds. The molecule has 0 bridgehead atoms. The van der Waals surface area contributed by atoms with Gasteiger partial charge in [0.1, 0.15) is 0 Å². The van der Waals surface area contributed by atoms with Gasteiger partial charge in [-0.1, -0.05) is 13.0 Å². The van der Waals surface area contributed by atoms with Gasteiger partial charge in [0.2, 0.25) is 5.91 Å². The van der Waals surface area contributed by atoms with Crippen LogP contribution in [-0.4, -0.2) is 42.0 Å². The number of benzene rings is 1. The number of nitrogens with one attached hydrogen (secondary N) is 1. The number of rotatable bonds is 3. The fourth-order valence-corrected chi connectivity index (χ4v) is 2.37. The normalized spacial score (nSPS) is 17.4. The molecule has 0 unspecified atom stereocenters. The number of hydrogen-bond donors (Lipinski definition) is 1. The first kappa shape index (κ1) is 15.5. The molecule has 0 aromatic heterocycles. The Bertz CT molecular complexity index is 540. The number of nitrogens with zero attached hydrogens (tertiary/aromatic N) is 1. The van der Waals surface area contributed by atoms with E-state index in [4.69, 9.17) is 4.74 Å². The summed E-state index contributed by atoms with van der Waals surface area (Å²) in [6, 6.07) is 7.07. The topological polar surface area (TPSA) is 58.6 Å². The van der Waals surface area contributed by atoms with E-state index >= 15 is 0 Å². The maximum Gasteiger partial charge on any atom is 0.254 e. The van der Waals surface area contributed by atoms with E-state index in [2.05, 4.69) is 5.32 Å². The van der Waals surface area contributed by atoms with E-state index in [9.17, 15) is 9.59 Å². The third kappa shape index (κ3) is 3.61. The molecule has 21 heavy (non-hydrogen) atoms. The molecule has 0 saturated carbocycles. The number of carbonyl (C=O) groups excluding carboxylic acids is 2. The molecule has 1 aliphatic rings. The maximum atomic E-state index is 12.7. The monoisotopic (exact) mass is 290 g/mol. The summed E-state index contributed by atoms with van der Waals surface area (Å²) in [4.78, 5) is 26.0. The molecule has 0 aliphatic carbocycles. The van der Waals surface area contributed by atoms with Crippen LogP contribution < -0.4 is 5.32 Å². The molecular formula is C16H22N2O3. The maximum absolute atomic E-state index is 12.7. The van der Waals surface area contributed by atoms with E-state index in [1.54, 1.807) is 31.2 Å². The molecule has 0 spiro atoms. The molecular weight excluding hydrogens is 268 g/mol. The minimum Gasteiger partial charge on any atom is -0.377 e. The van der Waals surface area contributed by atoms with Gasteiger partial charge in [0.05, 0.1) is 18.8 Å². The molecule has 1 heterocycles. The Morgan fingerprint density at radius 3 is 2.81 bits per heavy atom. The summed E-state index contributed by atoms with van der Waals surface area (Å²) in [5.74, 6) is -0.0952. The zero-order chi connectivity index (χ0) is 15.5. The van der Waals surface area contributed by atoms with Crippen molar-refractivity contribution in [3.8, 4) is 0 Å². The number of anilines is 1. The molecule has 0 atom stereocenters. The first-order valence-electron chi connectivity index (χ1n) is 7.23. The van der Waals surface area contributed by atoms with Crippen molar-refractivity contribution >= 4 is 17.5 Å². The zero-order valence-corrected chi connectivity index (χ0v) is 12.8. The molecule has 1 saturated heterocycles. The highest BCUT2D eigenvalue weighted by Crippen LogP contribution is 2.22. The number of amides is 2. The second-order valence-electron chi connectivity index (χ2n) is 5.80. The van der Waals surface area contributed by atoms with Gasteiger partial charge in [-0.2, -0.15) is 0 Å². The lowest BCUT2D eigenvalue weighted by Gasteiger charge is -2.42. The van der Waals surface area contributed by atoms with Crippen LogP contribution in [0.15, 0.2) is 24.3 Å². The molecule has 5 nitrogen and oxygen atoms in total. The largest absolute Gasteiger partial charge is 0.377 e. The van der Waals surface area contributed by atoms with Gasteiger partial charge in [-0.3, -0.25) is 9.59 Å². The Hall–Kier alpha value is -1.88. The highest BCUT2D eigenvalue weighted by Gasteiger charge is 2.34. The average molecular weight is 290 g/mol. The van der Waals surface area contributed by atoms with Gasteiger partial charge in [0, 0.05) is 24.2 Å². The Morgan fingerprint density at radius 2 is 2.14 bits per heavy atom. The first-order valence-corrected chi connectivity index (χ1v) is 7.23. The summed E-state index contributed by atoms with van der Waals surface area (Å²) in [7, 11) is 0. The van der Waals surface area contributed by atoms with E-state index in [0.29, 0.717) is 37.4 Å². The second kappa shape index (κ2) is 6.26. The van der Waals surface area contributed by atoms with Crippen molar-refractivity contribution in [3.63, 3.8) is 0 Å². The van der Waals surface area contributed by atoms with Gasteiger partial charge in [-0.15, -0.1) is 0 Å². The van der Waals surface area contributed by atoms with Crippen LogP contribution in [0.3, 0.4) is 0 Å². The average Bonchev–Trinajstić information content (AvgIpc) is 2.46. The molecule has 0 radical (unpaired) electrons. The van der Waals surface area contributed by atoms with Crippen molar-refractivity contribution < 1.29 is 14.3 Å². The first-order chi connectivity index (χ1) is 9.94. The lowest BCUT2D eigenvalue weighted by Crippen LogP contribution is -2.55. The molecule has 1 aliphatic heterocycles. The summed E-state index contributed by atoms with van der Waals surface area (Å²) < 4.78 is 5.44. The van der Waals surface area contributed by atoms with Crippen molar-refractivity contribution in [2.75, 3.05) is 25.1 Å². The smallest absolute Gasteiger partial charge is 0.254 e. The van der Waals surface area contributed by atoms with E-state index in [-0.39, 0.29) is 17.4 Å². The molecule has 1 aromatic carbocycles. The summed E-state index contributed by atoms with van der Waals surface area (Å²) in [6.07, 6.45) is 0.411. The van der Waals surface area contributed by atoms with Gasteiger partial charge in [-0.05, 0) is 32.0 Å². The summed E-state index contributed by atoms with van der Waals surface area (Å²) in [5, 5.41) is 2.78. The van der Waals surface area contributed by atoms with Crippen molar-refractivity contribution in [2.45, 2.75) is 32.7 Å². The Morgan fingerprint density at radius 1 is 1.38 bits per heavy atom. The van der Waals surface area contributed by atoms with E-state index in [1.165, 1.54) is 0 Å². The zero-order valence-electron chi connectivity index (χ0n) is 12.8. The summed E-state index contributed by atoms with van der Waals surface area (Å²) >= 11 is 0. The van der Waals surface area contributed by atoms with Crippen LogP contribution in [0.4, 0.5) is 5.69 Å². The minimum atomic E-state index is -0.321. The number of carbonyl (C=O) groups is 2. The van der Waals surface area contributed by atoms with Gasteiger partial charge in [0.15, 0.2) is 0 Å². The van der Waals surface area contributed by atoms with Crippen LogP contribution in [-0.2, 0) is 9.53 Å². The lowest BCUT2D eigenvalue weighted by molar-refractivity contribution is -0.115. The second-order valence-corrected chi connectivity index (χ2v) is 5.80. The summed E-state index contributed by atoms with van der Waals surface area (Å²) in [5.41, 5.74) is 0.913. The fourth-order valence-electron chi connectivity index (χ4n) is 2.37. The van der Waals surface area contributed by atoms with Gasteiger partial charge in [0.25, 0.3) is 5.91 Å². The van der Waals surface area contributed by atoms with E-state index < -0.39 is 0 Å². The molecule has 114 valence electrons. The number of hydrogen-bond acceptors (Lipinski definition) is 3. The highest BCUT2D eigenvalue weighted by molar-refractivity contribution is 5.97. The van der Waals surface area contributed by atoms with Crippen LogP contribution in [0.1, 0.15) is 37.6 Å². The Balaban J connectivity index is 2.19. The van der Waals surface area contributed by atoms with Crippen molar-refractivity contribution in [1.29, 1.82) is 0 Å². The van der Waals surface area contributed by atoms with Gasteiger partial charge in [-0.25, -0.2) is 0 Å².